The molecule has 3 heterocycles. The van der Waals surface area contributed by atoms with Crippen molar-refractivity contribution >= 4 is 17.4 Å². The lowest BCUT2D eigenvalue weighted by Crippen LogP contribution is -2.48. The summed E-state index contributed by atoms with van der Waals surface area (Å²) < 4.78 is 13.3. The fourth-order valence-electron chi connectivity index (χ4n) is 4.75. The number of hydrogen-bond donors (Lipinski definition) is 2. The predicted molar refractivity (Wildman–Crippen MR) is 114 cm³/mol. The van der Waals surface area contributed by atoms with Gasteiger partial charge in [-0.05, 0) is 68.1 Å². The van der Waals surface area contributed by atoms with Gasteiger partial charge in [0.25, 0.3) is 0 Å². The SMILES string of the molecule is CC(=O)N1c2ccc(C3CCNCC3)cc2[C@H](Nc2ccc(F)cn2)[C@@H](C)[C@@H]1C. The van der Waals surface area contributed by atoms with Gasteiger partial charge in [-0.3, -0.25) is 4.79 Å². The second-order valence-electron chi connectivity index (χ2n) is 8.31. The summed E-state index contributed by atoms with van der Waals surface area (Å²) in [7, 11) is 0. The highest BCUT2D eigenvalue weighted by Crippen LogP contribution is 2.44. The van der Waals surface area contributed by atoms with Crippen LogP contribution in [0.4, 0.5) is 15.9 Å². The maximum Gasteiger partial charge on any atom is 0.224 e. The average molecular weight is 397 g/mol. The van der Waals surface area contributed by atoms with Crippen LogP contribution in [0, 0.1) is 11.7 Å². The Morgan fingerprint density at radius 1 is 1.21 bits per heavy atom. The maximum absolute atomic E-state index is 13.3. The van der Waals surface area contributed by atoms with Crippen LogP contribution in [0.15, 0.2) is 36.5 Å². The van der Waals surface area contributed by atoms with Crippen molar-refractivity contribution in [3.8, 4) is 0 Å². The number of carbonyl (C=O) groups excluding carboxylic acids is 1. The van der Waals surface area contributed by atoms with Crippen LogP contribution in [0.3, 0.4) is 0 Å². The molecule has 29 heavy (non-hydrogen) atoms. The van der Waals surface area contributed by atoms with E-state index in [2.05, 4.69) is 47.7 Å². The Hall–Kier alpha value is -2.47. The molecule has 2 aliphatic rings. The number of pyridine rings is 1. The van der Waals surface area contributed by atoms with E-state index in [0.717, 1.165) is 37.2 Å². The van der Waals surface area contributed by atoms with Crippen LogP contribution in [0.25, 0.3) is 0 Å². The Morgan fingerprint density at radius 3 is 2.62 bits per heavy atom. The number of aromatic nitrogens is 1. The summed E-state index contributed by atoms with van der Waals surface area (Å²) in [5, 5.41) is 6.93. The van der Waals surface area contributed by atoms with Crippen molar-refractivity contribution in [1.82, 2.24) is 10.3 Å². The molecule has 0 spiro atoms. The van der Waals surface area contributed by atoms with Gasteiger partial charge in [-0.2, -0.15) is 0 Å². The summed E-state index contributed by atoms with van der Waals surface area (Å²) in [6.07, 6.45) is 3.48. The molecule has 1 saturated heterocycles. The topological polar surface area (TPSA) is 57.3 Å². The number of piperidine rings is 1. The quantitative estimate of drug-likeness (QED) is 0.815. The molecule has 0 unspecified atom stereocenters. The normalized spacial score (nSPS) is 24.8. The van der Waals surface area contributed by atoms with E-state index < -0.39 is 0 Å². The predicted octanol–water partition coefficient (Wildman–Crippen LogP) is 4.23. The third-order valence-corrected chi connectivity index (χ3v) is 6.52. The molecule has 1 aromatic carbocycles. The number of amides is 1. The molecule has 2 N–H and O–H groups in total. The van der Waals surface area contributed by atoms with Gasteiger partial charge >= 0.3 is 0 Å². The largest absolute Gasteiger partial charge is 0.363 e. The molecule has 1 aromatic heterocycles. The summed E-state index contributed by atoms with van der Waals surface area (Å²) in [5.74, 6) is 1.05. The number of nitrogens with one attached hydrogen (secondary N) is 2. The lowest BCUT2D eigenvalue weighted by atomic mass is 9.80. The molecule has 3 atom stereocenters. The van der Waals surface area contributed by atoms with Crippen LogP contribution in [0.5, 0.6) is 0 Å². The summed E-state index contributed by atoms with van der Waals surface area (Å²) in [6, 6.07) is 9.67. The third kappa shape index (κ3) is 3.86. The third-order valence-electron chi connectivity index (χ3n) is 6.52. The van der Waals surface area contributed by atoms with E-state index in [4.69, 9.17) is 0 Å². The summed E-state index contributed by atoms with van der Waals surface area (Å²) >= 11 is 0. The van der Waals surface area contributed by atoms with E-state index >= 15 is 0 Å². The first kappa shape index (κ1) is 19.8. The first-order chi connectivity index (χ1) is 14.0. The van der Waals surface area contributed by atoms with Crippen LogP contribution < -0.4 is 15.5 Å². The summed E-state index contributed by atoms with van der Waals surface area (Å²) in [4.78, 5) is 18.6. The number of benzene rings is 1. The molecule has 1 amide bonds. The second kappa shape index (κ2) is 8.11. The minimum absolute atomic E-state index is 0.00442. The fourth-order valence-corrected chi connectivity index (χ4v) is 4.75. The lowest BCUT2D eigenvalue weighted by Gasteiger charge is -2.44. The van der Waals surface area contributed by atoms with Crippen molar-refractivity contribution in [3.05, 3.63) is 53.5 Å². The number of fused-ring (bicyclic) bond motifs is 1. The Morgan fingerprint density at radius 2 is 1.97 bits per heavy atom. The second-order valence-corrected chi connectivity index (χ2v) is 8.31. The molecular formula is C23H29FN4O. The molecule has 154 valence electrons. The Balaban J connectivity index is 1.75. The Labute approximate surface area is 171 Å². The van der Waals surface area contributed by atoms with E-state index in [-0.39, 0.29) is 29.7 Å². The Kier molecular flexibility index (Phi) is 5.54. The zero-order valence-corrected chi connectivity index (χ0v) is 17.3. The van der Waals surface area contributed by atoms with E-state index in [1.807, 2.05) is 4.90 Å². The number of halogens is 1. The monoisotopic (exact) mass is 396 g/mol. The van der Waals surface area contributed by atoms with Crippen molar-refractivity contribution in [1.29, 1.82) is 0 Å². The minimum atomic E-state index is -0.350. The number of carbonyl (C=O) groups is 1. The lowest BCUT2D eigenvalue weighted by molar-refractivity contribution is -0.117. The standard InChI is InChI=1S/C23H29FN4O/c1-14-15(2)28(16(3)29)21-6-4-18(17-8-10-25-11-9-17)12-20(21)23(14)27-22-7-5-19(24)13-26-22/h4-7,12-15,17,23,25H,8-11H2,1-3H3,(H,26,27)/t14-,15-,23+/m0/s1. The van der Waals surface area contributed by atoms with Gasteiger partial charge in [0.2, 0.25) is 5.91 Å². The molecule has 0 saturated carbocycles. The average Bonchev–Trinajstić information content (AvgIpc) is 2.73. The van der Waals surface area contributed by atoms with Gasteiger partial charge in [0.15, 0.2) is 0 Å². The van der Waals surface area contributed by atoms with Gasteiger partial charge in [-0.25, -0.2) is 9.37 Å². The van der Waals surface area contributed by atoms with Crippen LogP contribution in [-0.2, 0) is 4.79 Å². The van der Waals surface area contributed by atoms with Crippen LogP contribution in [-0.4, -0.2) is 30.0 Å². The van der Waals surface area contributed by atoms with E-state index in [1.165, 1.54) is 17.8 Å². The summed E-state index contributed by atoms with van der Waals surface area (Å²) in [6.45, 7) is 7.94. The smallest absolute Gasteiger partial charge is 0.224 e. The van der Waals surface area contributed by atoms with E-state index in [1.54, 1.807) is 13.0 Å². The number of anilines is 2. The maximum atomic E-state index is 13.3. The molecule has 2 aliphatic heterocycles. The van der Waals surface area contributed by atoms with Crippen molar-refractivity contribution < 1.29 is 9.18 Å². The molecule has 1 fully saturated rings. The van der Waals surface area contributed by atoms with Crippen LogP contribution in [0.2, 0.25) is 0 Å². The van der Waals surface area contributed by atoms with Gasteiger partial charge in [0.05, 0.1) is 12.2 Å². The Bertz CT molecular complexity index is 879. The highest BCUT2D eigenvalue weighted by atomic mass is 19.1. The highest BCUT2D eigenvalue weighted by Gasteiger charge is 2.38. The first-order valence-corrected chi connectivity index (χ1v) is 10.5. The fraction of sp³-hybridized carbons (Fsp3) is 0.478. The minimum Gasteiger partial charge on any atom is -0.363 e. The summed E-state index contributed by atoms with van der Waals surface area (Å²) in [5.41, 5.74) is 3.41. The first-order valence-electron chi connectivity index (χ1n) is 10.5. The number of rotatable bonds is 3. The van der Waals surface area contributed by atoms with Gasteiger partial charge in [0, 0.05) is 24.6 Å². The molecule has 4 rings (SSSR count). The highest BCUT2D eigenvalue weighted by molar-refractivity contribution is 5.94. The number of nitrogens with zero attached hydrogens (tertiary/aromatic N) is 2. The molecular weight excluding hydrogens is 367 g/mol. The van der Waals surface area contributed by atoms with Crippen molar-refractivity contribution in [2.75, 3.05) is 23.3 Å². The molecule has 6 heteroatoms. The van der Waals surface area contributed by atoms with Gasteiger partial charge in [0.1, 0.15) is 11.6 Å². The molecule has 0 radical (unpaired) electrons. The zero-order chi connectivity index (χ0) is 20.5. The molecule has 0 aliphatic carbocycles. The van der Waals surface area contributed by atoms with Crippen LogP contribution in [0.1, 0.15) is 56.7 Å². The molecule has 2 aromatic rings. The van der Waals surface area contributed by atoms with E-state index in [9.17, 15) is 9.18 Å². The van der Waals surface area contributed by atoms with Gasteiger partial charge < -0.3 is 15.5 Å². The van der Waals surface area contributed by atoms with Crippen molar-refractivity contribution in [2.24, 2.45) is 5.92 Å². The van der Waals surface area contributed by atoms with Crippen molar-refractivity contribution in [2.45, 2.75) is 51.6 Å². The van der Waals surface area contributed by atoms with Gasteiger partial charge in [-0.15, -0.1) is 0 Å². The van der Waals surface area contributed by atoms with Crippen molar-refractivity contribution in [3.63, 3.8) is 0 Å². The van der Waals surface area contributed by atoms with E-state index in [0.29, 0.717) is 11.7 Å². The zero-order valence-electron chi connectivity index (χ0n) is 17.3. The van der Waals surface area contributed by atoms with Gasteiger partial charge in [-0.1, -0.05) is 19.1 Å². The number of hydrogen-bond acceptors (Lipinski definition) is 4. The van der Waals surface area contributed by atoms with Crippen LogP contribution >= 0.6 is 0 Å². The molecule has 0 bridgehead atoms. The molecule has 5 nitrogen and oxygen atoms in total.